The summed E-state index contributed by atoms with van der Waals surface area (Å²) >= 11 is 1.38. The van der Waals surface area contributed by atoms with Crippen LogP contribution in [-0.4, -0.2) is 62.6 Å². The Morgan fingerprint density at radius 3 is 2.63 bits per heavy atom. The zero-order valence-corrected chi connectivity index (χ0v) is 18.3. The molecule has 0 aromatic carbocycles. The van der Waals surface area contributed by atoms with Gasteiger partial charge in [-0.15, -0.1) is 10.2 Å². The first kappa shape index (κ1) is 21.0. The summed E-state index contributed by atoms with van der Waals surface area (Å²) in [5.74, 6) is 9.23. The molecule has 162 valence electrons. The third-order valence-electron chi connectivity index (χ3n) is 6.17. The number of nitrogens with two attached hydrogens (primary N) is 1. The highest BCUT2D eigenvalue weighted by atomic mass is 32.2. The largest absolute Gasteiger partial charge is 0.353 e. The average molecular weight is 430 g/mol. The zero-order chi connectivity index (χ0) is 20.8. The van der Waals surface area contributed by atoms with Crippen LogP contribution in [-0.2, 0) is 11.2 Å². The molecular weight excluding hydrogens is 398 g/mol. The standard InChI is InChI=1S/C21H31N7OS/c22-28-19(10-9-17-6-2-1-3-7-17)24-25-21(28)30-16-20(29)27-14-12-26(13-15-27)18-8-4-5-11-23-18/h4-5,8,11,17H,1-3,6-7,9-10,12-16,22H2. The van der Waals surface area contributed by atoms with Gasteiger partial charge < -0.3 is 15.6 Å². The Balaban J connectivity index is 1.22. The van der Waals surface area contributed by atoms with Crippen LogP contribution >= 0.6 is 11.8 Å². The predicted molar refractivity (Wildman–Crippen MR) is 119 cm³/mol. The number of nitrogens with zero attached hydrogens (tertiary/aromatic N) is 6. The van der Waals surface area contributed by atoms with Gasteiger partial charge in [-0.2, -0.15) is 0 Å². The SMILES string of the molecule is Nn1c(CCC2CCCCC2)nnc1SCC(=O)N1CCN(c2ccccn2)CC1. The maximum Gasteiger partial charge on any atom is 0.233 e. The molecule has 0 spiro atoms. The van der Waals surface area contributed by atoms with Crippen molar-refractivity contribution in [2.75, 3.05) is 42.7 Å². The molecule has 9 heteroatoms. The molecule has 8 nitrogen and oxygen atoms in total. The maximum atomic E-state index is 12.6. The van der Waals surface area contributed by atoms with Gasteiger partial charge in [0.15, 0.2) is 5.82 Å². The number of hydrogen-bond donors (Lipinski definition) is 1. The molecule has 0 atom stereocenters. The molecule has 0 radical (unpaired) electrons. The lowest BCUT2D eigenvalue weighted by molar-refractivity contribution is -0.128. The smallest absolute Gasteiger partial charge is 0.233 e. The monoisotopic (exact) mass is 429 g/mol. The fourth-order valence-corrected chi connectivity index (χ4v) is 5.11. The van der Waals surface area contributed by atoms with E-state index >= 15 is 0 Å². The van der Waals surface area contributed by atoms with Crippen molar-refractivity contribution in [3.05, 3.63) is 30.2 Å². The molecule has 3 heterocycles. The van der Waals surface area contributed by atoms with Crippen LogP contribution in [0.3, 0.4) is 0 Å². The van der Waals surface area contributed by atoms with E-state index in [2.05, 4.69) is 20.1 Å². The summed E-state index contributed by atoms with van der Waals surface area (Å²) in [4.78, 5) is 21.2. The molecule has 1 saturated heterocycles. The highest BCUT2D eigenvalue weighted by molar-refractivity contribution is 7.99. The average Bonchev–Trinajstić information content (AvgIpc) is 3.16. The molecular formula is C21H31N7OS. The van der Waals surface area contributed by atoms with Gasteiger partial charge in [0.25, 0.3) is 0 Å². The minimum absolute atomic E-state index is 0.118. The molecule has 2 N–H and O–H groups in total. The van der Waals surface area contributed by atoms with Crippen LogP contribution in [0, 0.1) is 5.92 Å². The lowest BCUT2D eigenvalue weighted by Crippen LogP contribution is -2.49. The minimum atomic E-state index is 0.118. The van der Waals surface area contributed by atoms with Crippen LogP contribution in [0.5, 0.6) is 0 Å². The number of carbonyl (C=O) groups excluding carboxylic acids is 1. The first-order valence-corrected chi connectivity index (χ1v) is 11.9. The lowest BCUT2D eigenvalue weighted by Gasteiger charge is -2.35. The van der Waals surface area contributed by atoms with Gasteiger partial charge in [-0.3, -0.25) is 4.79 Å². The Morgan fingerprint density at radius 1 is 1.10 bits per heavy atom. The van der Waals surface area contributed by atoms with Crippen molar-refractivity contribution in [2.45, 2.75) is 50.1 Å². The Morgan fingerprint density at radius 2 is 1.90 bits per heavy atom. The van der Waals surface area contributed by atoms with E-state index in [1.54, 1.807) is 10.9 Å². The van der Waals surface area contributed by atoms with Crippen molar-refractivity contribution in [1.82, 2.24) is 24.8 Å². The third-order valence-corrected chi connectivity index (χ3v) is 7.09. The van der Waals surface area contributed by atoms with Crippen molar-refractivity contribution in [1.29, 1.82) is 0 Å². The maximum absolute atomic E-state index is 12.6. The molecule has 1 aliphatic heterocycles. The Labute approximate surface area is 182 Å². The van der Waals surface area contributed by atoms with E-state index in [1.165, 1.54) is 43.9 Å². The number of rotatable bonds is 7. The second kappa shape index (κ2) is 10.1. The van der Waals surface area contributed by atoms with Crippen molar-refractivity contribution >= 4 is 23.5 Å². The van der Waals surface area contributed by atoms with E-state index in [0.29, 0.717) is 24.0 Å². The number of carbonyl (C=O) groups is 1. The quantitative estimate of drug-likeness (QED) is 0.533. The van der Waals surface area contributed by atoms with Crippen molar-refractivity contribution in [3.63, 3.8) is 0 Å². The molecule has 2 aromatic heterocycles. The van der Waals surface area contributed by atoms with E-state index in [1.807, 2.05) is 23.1 Å². The van der Waals surface area contributed by atoms with Gasteiger partial charge in [0.05, 0.1) is 5.75 Å². The molecule has 0 unspecified atom stereocenters. The normalized spacial score (nSPS) is 18.0. The van der Waals surface area contributed by atoms with E-state index in [0.717, 1.165) is 43.5 Å². The number of pyridine rings is 1. The van der Waals surface area contributed by atoms with Gasteiger partial charge in [-0.1, -0.05) is 49.9 Å². The van der Waals surface area contributed by atoms with Crippen LogP contribution in [0.2, 0.25) is 0 Å². The van der Waals surface area contributed by atoms with Gasteiger partial charge in [0.2, 0.25) is 11.1 Å². The number of anilines is 1. The van der Waals surface area contributed by atoms with Crippen molar-refractivity contribution in [2.24, 2.45) is 5.92 Å². The van der Waals surface area contributed by atoms with Crippen LogP contribution in [0.4, 0.5) is 5.82 Å². The van der Waals surface area contributed by atoms with Crippen LogP contribution < -0.4 is 10.7 Å². The number of piperazine rings is 1. The molecule has 1 aliphatic carbocycles. The summed E-state index contributed by atoms with van der Waals surface area (Å²) in [7, 11) is 0. The van der Waals surface area contributed by atoms with E-state index in [4.69, 9.17) is 5.84 Å². The van der Waals surface area contributed by atoms with Gasteiger partial charge in [-0.05, 0) is 24.5 Å². The molecule has 2 aliphatic rings. The molecule has 2 aromatic rings. The molecule has 1 amide bonds. The summed E-state index contributed by atoms with van der Waals surface area (Å²) in [6, 6.07) is 5.91. The third kappa shape index (κ3) is 5.24. The number of amides is 1. The summed E-state index contributed by atoms with van der Waals surface area (Å²) in [6.45, 7) is 3.01. The first-order valence-electron chi connectivity index (χ1n) is 11.0. The summed E-state index contributed by atoms with van der Waals surface area (Å²) in [5.41, 5.74) is 0. The Hall–Kier alpha value is -2.29. The lowest BCUT2D eigenvalue weighted by atomic mass is 9.86. The van der Waals surface area contributed by atoms with Gasteiger partial charge >= 0.3 is 0 Å². The van der Waals surface area contributed by atoms with Crippen LogP contribution in [0.25, 0.3) is 0 Å². The van der Waals surface area contributed by atoms with Gasteiger partial charge in [0.1, 0.15) is 5.82 Å². The van der Waals surface area contributed by atoms with E-state index < -0.39 is 0 Å². The molecule has 30 heavy (non-hydrogen) atoms. The zero-order valence-electron chi connectivity index (χ0n) is 17.4. The van der Waals surface area contributed by atoms with Crippen molar-refractivity contribution < 1.29 is 4.79 Å². The number of hydrogen-bond acceptors (Lipinski definition) is 7. The topological polar surface area (TPSA) is 93.2 Å². The van der Waals surface area contributed by atoms with Crippen LogP contribution in [0.15, 0.2) is 29.6 Å². The molecule has 4 rings (SSSR count). The fourth-order valence-electron chi connectivity index (χ4n) is 4.33. The van der Waals surface area contributed by atoms with Crippen molar-refractivity contribution in [3.8, 4) is 0 Å². The van der Waals surface area contributed by atoms with Gasteiger partial charge in [0, 0.05) is 38.8 Å². The van der Waals surface area contributed by atoms with E-state index in [9.17, 15) is 4.79 Å². The number of aryl methyl sites for hydroxylation is 1. The highest BCUT2D eigenvalue weighted by Crippen LogP contribution is 2.27. The number of aromatic nitrogens is 4. The number of thioether (sulfide) groups is 1. The molecule has 0 bridgehead atoms. The summed E-state index contributed by atoms with van der Waals surface area (Å²) in [6.07, 6.45) is 10.5. The second-order valence-corrected chi connectivity index (χ2v) is 9.10. The highest BCUT2D eigenvalue weighted by Gasteiger charge is 2.23. The summed E-state index contributed by atoms with van der Waals surface area (Å²) in [5, 5.41) is 9.09. The minimum Gasteiger partial charge on any atom is -0.353 e. The molecule has 1 saturated carbocycles. The fraction of sp³-hybridized carbons (Fsp3) is 0.619. The predicted octanol–water partition coefficient (Wildman–Crippen LogP) is 2.34. The Kier molecular flexibility index (Phi) is 7.09. The number of nitrogen functional groups attached to an aromatic ring is 1. The first-order chi connectivity index (χ1) is 14.7. The van der Waals surface area contributed by atoms with E-state index in [-0.39, 0.29) is 5.91 Å². The molecule has 2 fully saturated rings. The van der Waals surface area contributed by atoms with Crippen LogP contribution in [0.1, 0.15) is 44.3 Å². The van der Waals surface area contributed by atoms with Gasteiger partial charge in [-0.25, -0.2) is 9.66 Å². The Bertz CT molecular complexity index is 814. The summed E-state index contributed by atoms with van der Waals surface area (Å²) < 4.78 is 1.57. The second-order valence-electron chi connectivity index (χ2n) is 8.16.